The van der Waals surface area contributed by atoms with Gasteiger partial charge >= 0.3 is 0 Å². The molecule has 3 atom stereocenters. The van der Waals surface area contributed by atoms with Gasteiger partial charge in [-0.2, -0.15) is 0 Å². The first-order valence-electron chi connectivity index (χ1n) is 5.03. The first-order chi connectivity index (χ1) is 5.61. The Balaban J connectivity index is 2.25. The van der Waals surface area contributed by atoms with Crippen LogP contribution in [0.5, 0.6) is 0 Å². The molecule has 0 amide bonds. The Morgan fingerprint density at radius 2 is 2.25 bits per heavy atom. The molecular formula is C11H18O. The summed E-state index contributed by atoms with van der Waals surface area (Å²) in [4.78, 5) is 0. The highest BCUT2D eigenvalue weighted by Gasteiger charge is 2.41. The maximum Gasteiger partial charge on any atom is 0.0685 e. The first-order valence-corrected chi connectivity index (χ1v) is 5.03. The monoisotopic (exact) mass is 166 g/mol. The molecule has 68 valence electrons. The third-order valence-electron chi connectivity index (χ3n) is 3.64. The highest BCUT2D eigenvalue weighted by molar-refractivity contribution is 5.22. The fourth-order valence-corrected chi connectivity index (χ4v) is 2.79. The molecule has 1 heteroatoms. The highest BCUT2D eigenvalue weighted by Crippen LogP contribution is 2.46. The van der Waals surface area contributed by atoms with Crippen molar-refractivity contribution >= 4 is 0 Å². The van der Waals surface area contributed by atoms with E-state index in [0.29, 0.717) is 5.92 Å². The summed E-state index contributed by atoms with van der Waals surface area (Å²) in [5.41, 5.74) is 1.13. The second-order valence-corrected chi connectivity index (χ2v) is 4.63. The standard InChI is InChI=1S/C11H18O/c1-8-6-7-11(2,12)10-5-3-4-9(8)10/h4,8,10,12H,3,5-7H2,1-2H3/t8?,10-,11+/m0/s1. The van der Waals surface area contributed by atoms with E-state index in [1.54, 1.807) is 0 Å². The normalized spacial score (nSPS) is 47.1. The van der Waals surface area contributed by atoms with Crippen LogP contribution in [-0.2, 0) is 0 Å². The van der Waals surface area contributed by atoms with Crippen molar-refractivity contribution in [1.29, 1.82) is 0 Å². The van der Waals surface area contributed by atoms with E-state index in [1.165, 1.54) is 18.4 Å². The molecule has 0 aromatic heterocycles. The van der Waals surface area contributed by atoms with Crippen LogP contribution in [0.15, 0.2) is 11.6 Å². The van der Waals surface area contributed by atoms with Crippen LogP contribution in [0, 0.1) is 11.8 Å². The largest absolute Gasteiger partial charge is 0.390 e. The summed E-state index contributed by atoms with van der Waals surface area (Å²) in [6.45, 7) is 4.29. The van der Waals surface area contributed by atoms with Crippen LogP contribution in [0.4, 0.5) is 0 Å². The van der Waals surface area contributed by atoms with Crippen LogP contribution in [0.3, 0.4) is 0 Å². The van der Waals surface area contributed by atoms with E-state index in [-0.39, 0.29) is 0 Å². The molecular weight excluding hydrogens is 148 g/mol. The van der Waals surface area contributed by atoms with Gasteiger partial charge < -0.3 is 5.11 Å². The molecule has 2 aliphatic rings. The molecule has 0 heterocycles. The second kappa shape index (κ2) is 2.59. The van der Waals surface area contributed by atoms with E-state index in [9.17, 15) is 5.11 Å². The van der Waals surface area contributed by atoms with Gasteiger partial charge in [0.15, 0.2) is 0 Å². The molecule has 1 N–H and O–H groups in total. The zero-order valence-electron chi connectivity index (χ0n) is 8.01. The van der Waals surface area contributed by atoms with Crippen molar-refractivity contribution in [3.8, 4) is 0 Å². The van der Waals surface area contributed by atoms with Gasteiger partial charge in [0.2, 0.25) is 0 Å². The van der Waals surface area contributed by atoms with E-state index in [2.05, 4.69) is 13.0 Å². The average molecular weight is 166 g/mol. The number of rotatable bonds is 0. The first kappa shape index (κ1) is 8.31. The maximum atomic E-state index is 10.1. The van der Waals surface area contributed by atoms with Crippen molar-refractivity contribution in [3.05, 3.63) is 11.6 Å². The average Bonchev–Trinajstić information content (AvgIpc) is 2.46. The molecule has 2 rings (SSSR count). The number of hydrogen-bond donors (Lipinski definition) is 1. The molecule has 0 aliphatic heterocycles. The van der Waals surface area contributed by atoms with Gasteiger partial charge in [0, 0.05) is 5.92 Å². The van der Waals surface area contributed by atoms with Crippen molar-refractivity contribution in [1.82, 2.24) is 0 Å². The van der Waals surface area contributed by atoms with Crippen molar-refractivity contribution in [3.63, 3.8) is 0 Å². The lowest BCUT2D eigenvalue weighted by molar-refractivity contribution is -0.0158. The van der Waals surface area contributed by atoms with Gasteiger partial charge in [0.25, 0.3) is 0 Å². The minimum Gasteiger partial charge on any atom is -0.390 e. The van der Waals surface area contributed by atoms with Gasteiger partial charge in [0.05, 0.1) is 5.60 Å². The molecule has 1 unspecified atom stereocenters. The van der Waals surface area contributed by atoms with Gasteiger partial charge in [-0.1, -0.05) is 18.6 Å². The van der Waals surface area contributed by atoms with Crippen LogP contribution in [0.25, 0.3) is 0 Å². The summed E-state index contributed by atoms with van der Waals surface area (Å²) in [5.74, 6) is 1.19. The Morgan fingerprint density at radius 1 is 1.50 bits per heavy atom. The van der Waals surface area contributed by atoms with E-state index >= 15 is 0 Å². The fourth-order valence-electron chi connectivity index (χ4n) is 2.79. The summed E-state index contributed by atoms with van der Waals surface area (Å²) in [5, 5.41) is 10.1. The lowest BCUT2D eigenvalue weighted by Gasteiger charge is -2.39. The van der Waals surface area contributed by atoms with Crippen molar-refractivity contribution < 1.29 is 5.11 Å². The van der Waals surface area contributed by atoms with E-state index in [0.717, 1.165) is 18.8 Å². The van der Waals surface area contributed by atoms with Gasteiger partial charge in [-0.15, -0.1) is 0 Å². The molecule has 12 heavy (non-hydrogen) atoms. The summed E-state index contributed by atoms with van der Waals surface area (Å²) in [6, 6.07) is 0. The van der Waals surface area contributed by atoms with Crippen molar-refractivity contribution in [2.24, 2.45) is 11.8 Å². The van der Waals surface area contributed by atoms with E-state index < -0.39 is 5.60 Å². The molecule has 1 fully saturated rings. The van der Waals surface area contributed by atoms with Crippen molar-refractivity contribution in [2.75, 3.05) is 0 Å². The molecule has 0 radical (unpaired) electrons. The quantitative estimate of drug-likeness (QED) is 0.548. The van der Waals surface area contributed by atoms with E-state index in [1.807, 2.05) is 6.92 Å². The maximum absolute atomic E-state index is 10.1. The summed E-state index contributed by atoms with van der Waals surface area (Å²) < 4.78 is 0. The number of fused-ring (bicyclic) bond motifs is 1. The van der Waals surface area contributed by atoms with Crippen LogP contribution >= 0.6 is 0 Å². The molecule has 0 saturated heterocycles. The Bertz CT molecular complexity index is 215. The third-order valence-corrected chi connectivity index (χ3v) is 3.64. The van der Waals surface area contributed by atoms with Gasteiger partial charge in [-0.3, -0.25) is 0 Å². The lowest BCUT2D eigenvalue weighted by Crippen LogP contribution is -2.39. The van der Waals surface area contributed by atoms with Crippen LogP contribution in [-0.4, -0.2) is 10.7 Å². The molecule has 2 aliphatic carbocycles. The Kier molecular flexibility index (Phi) is 1.80. The van der Waals surface area contributed by atoms with E-state index in [4.69, 9.17) is 0 Å². The molecule has 0 bridgehead atoms. The molecule has 1 nitrogen and oxygen atoms in total. The SMILES string of the molecule is CC1CC[C@@](C)(O)[C@H]2CCC=C12. The second-order valence-electron chi connectivity index (χ2n) is 4.63. The van der Waals surface area contributed by atoms with Crippen LogP contribution < -0.4 is 0 Å². The summed E-state index contributed by atoms with van der Waals surface area (Å²) in [6.07, 6.45) is 6.85. The topological polar surface area (TPSA) is 20.2 Å². The zero-order valence-corrected chi connectivity index (χ0v) is 8.01. The Morgan fingerprint density at radius 3 is 2.92 bits per heavy atom. The molecule has 0 spiro atoms. The third kappa shape index (κ3) is 1.11. The van der Waals surface area contributed by atoms with Crippen molar-refractivity contribution in [2.45, 2.75) is 45.1 Å². The predicted molar refractivity (Wildman–Crippen MR) is 49.8 cm³/mol. The predicted octanol–water partition coefficient (Wildman–Crippen LogP) is 2.50. The number of aliphatic hydroxyl groups is 1. The lowest BCUT2D eigenvalue weighted by atomic mass is 9.70. The minimum absolute atomic E-state index is 0.408. The molecule has 1 saturated carbocycles. The number of allylic oxidation sites excluding steroid dienone is 1. The Hall–Kier alpha value is -0.300. The van der Waals surface area contributed by atoms with Gasteiger partial charge in [-0.25, -0.2) is 0 Å². The molecule has 0 aromatic carbocycles. The minimum atomic E-state index is -0.408. The summed E-state index contributed by atoms with van der Waals surface area (Å²) in [7, 11) is 0. The highest BCUT2D eigenvalue weighted by atomic mass is 16.3. The molecule has 0 aromatic rings. The fraction of sp³-hybridized carbons (Fsp3) is 0.818. The zero-order chi connectivity index (χ0) is 8.77. The Labute approximate surface area is 74.5 Å². The van der Waals surface area contributed by atoms with Crippen LogP contribution in [0.1, 0.15) is 39.5 Å². The van der Waals surface area contributed by atoms with Crippen LogP contribution in [0.2, 0.25) is 0 Å². The summed E-state index contributed by atoms with van der Waals surface area (Å²) >= 11 is 0. The number of hydrogen-bond acceptors (Lipinski definition) is 1. The smallest absolute Gasteiger partial charge is 0.0685 e. The van der Waals surface area contributed by atoms with Gasteiger partial charge in [0.1, 0.15) is 0 Å². The van der Waals surface area contributed by atoms with Gasteiger partial charge in [-0.05, 0) is 38.5 Å².